The first kappa shape index (κ1) is 18.3. The molecule has 2 N–H and O–H groups in total. The maximum Gasteiger partial charge on any atom is 0.323 e. The summed E-state index contributed by atoms with van der Waals surface area (Å²) >= 11 is 0. The van der Waals surface area contributed by atoms with Crippen LogP contribution in [0, 0.1) is 0 Å². The number of carboxylic acids is 1. The summed E-state index contributed by atoms with van der Waals surface area (Å²) in [7, 11) is 3.08. The van der Waals surface area contributed by atoms with Crippen LogP contribution in [0.15, 0.2) is 24.3 Å². The maximum absolute atomic E-state index is 12.5. The summed E-state index contributed by atoms with van der Waals surface area (Å²) in [4.78, 5) is 24.8. The number of aliphatic carboxylic acids is 1. The van der Waals surface area contributed by atoms with E-state index in [1.165, 1.54) is 12.0 Å². The molecule has 0 radical (unpaired) electrons. The predicted molar refractivity (Wildman–Crippen MR) is 90.9 cm³/mol. The molecule has 0 spiro atoms. The standard InChI is InChI=1S/C17H21N3O5/c1-10(2)20(9-16(21)22)17(23)13-8-12(18-19-13)11-5-6-14(24-3)15(7-11)25-4/h5-8,10H,9H2,1-4H3,(H,18,19)(H,21,22). The first-order valence-electron chi connectivity index (χ1n) is 7.68. The summed E-state index contributed by atoms with van der Waals surface area (Å²) in [6.07, 6.45) is 0. The van der Waals surface area contributed by atoms with Crippen molar-refractivity contribution < 1.29 is 24.2 Å². The molecule has 0 aliphatic heterocycles. The van der Waals surface area contributed by atoms with E-state index < -0.39 is 11.9 Å². The molecule has 1 amide bonds. The zero-order valence-corrected chi connectivity index (χ0v) is 14.6. The predicted octanol–water partition coefficient (Wildman–Crippen LogP) is 2.03. The van der Waals surface area contributed by atoms with Crippen molar-refractivity contribution in [1.82, 2.24) is 15.1 Å². The molecule has 0 saturated carbocycles. The number of nitrogens with one attached hydrogen (secondary N) is 1. The van der Waals surface area contributed by atoms with E-state index in [1.54, 1.807) is 45.2 Å². The number of carbonyl (C=O) groups is 2. The smallest absolute Gasteiger partial charge is 0.323 e. The number of carboxylic acid groups (broad SMARTS) is 1. The third-order valence-corrected chi connectivity index (χ3v) is 3.68. The van der Waals surface area contributed by atoms with Crippen LogP contribution in [0.1, 0.15) is 24.3 Å². The van der Waals surface area contributed by atoms with E-state index in [4.69, 9.17) is 14.6 Å². The van der Waals surface area contributed by atoms with Gasteiger partial charge in [0.25, 0.3) is 5.91 Å². The Morgan fingerprint density at radius 1 is 1.20 bits per heavy atom. The average molecular weight is 347 g/mol. The van der Waals surface area contributed by atoms with Gasteiger partial charge in [-0.1, -0.05) is 0 Å². The van der Waals surface area contributed by atoms with Crippen LogP contribution in [0.25, 0.3) is 11.3 Å². The lowest BCUT2D eigenvalue weighted by molar-refractivity contribution is -0.138. The van der Waals surface area contributed by atoms with Gasteiger partial charge in [0.1, 0.15) is 12.2 Å². The van der Waals surface area contributed by atoms with Gasteiger partial charge in [0.2, 0.25) is 0 Å². The second-order valence-corrected chi connectivity index (χ2v) is 5.66. The first-order valence-corrected chi connectivity index (χ1v) is 7.68. The molecule has 25 heavy (non-hydrogen) atoms. The molecule has 0 unspecified atom stereocenters. The van der Waals surface area contributed by atoms with Gasteiger partial charge in [-0.15, -0.1) is 0 Å². The Kier molecular flexibility index (Phi) is 5.63. The highest BCUT2D eigenvalue weighted by Gasteiger charge is 2.23. The molecule has 0 atom stereocenters. The Morgan fingerprint density at radius 3 is 2.44 bits per heavy atom. The van der Waals surface area contributed by atoms with E-state index in [0.717, 1.165) is 5.56 Å². The monoisotopic (exact) mass is 347 g/mol. The summed E-state index contributed by atoms with van der Waals surface area (Å²) in [5.74, 6) is -0.352. The Labute approximate surface area is 145 Å². The SMILES string of the molecule is COc1ccc(-c2cc(C(=O)N(CC(=O)O)C(C)C)[nH]n2)cc1OC. The fraction of sp³-hybridized carbons (Fsp3) is 0.353. The Morgan fingerprint density at radius 2 is 1.88 bits per heavy atom. The summed E-state index contributed by atoms with van der Waals surface area (Å²) < 4.78 is 10.5. The van der Waals surface area contributed by atoms with E-state index in [0.29, 0.717) is 17.2 Å². The minimum atomic E-state index is -1.07. The number of aromatic nitrogens is 2. The van der Waals surface area contributed by atoms with Crippen LogP contribution in [0.5, 0.6) is 11.5 Å². The summed E-state index contributed by atoms with van der Waals surface area (Å²) in [6, 6.07) is 6.62. The second-order valence-electron chi connectivity index (χ2n) is 5.66. The number of nitrogens with zero attached hydrogens (tertiary/aromatic N) is 2. The van der Waals surface area contributed by atoms with Crippen LogP contribution < -0.4 is 9.47 Å². The van der Waals surface area contributed by atoms with Crippen LogP contribution in [-0.4, -0.2) is 58.9 Å². The highest BCUT2D eigenvalue weighted by Crippen LogP contribution is 2.31. The van der Waals surface area contributed by atoms with Gasteiger partial charge in [0, 0.05) is 11.6 Å². The fourth-order valence-electron chi connectivity index (χ4n) is 2.36. The summed E-state index contributed by atoms with van der Waals surface area (Å²) in [5, 5.41) is 15.8. The van der Waals surface area contributed by atoms with Crippen molar-refractivity contribution >= 4 is 11.9 Å². The molecule has 1 aromatic carbocycles. The Hall–Kier alpha value is -3.03. The number of hydrogen-bond donors (Lipinski definition) is 2. The van der Waals surface area contributed by atoms with E-state index in [1.807, 2.05) is 0 Å². The van der Waals surface area contributed by atoms with Crippen LogP contribution in [0.4, 0.5) is 0 Å². The van der Waals surface area contributed by atoms with Gasteiger partial charge in [-0.3, -0.25) is 14.7 Å². The zero-order chi connectivity index (χ0) is 18.6. The molecule has 0 fully saturated rings. The van der Waals surface area contributed by atoms with Crippen LogP contribution in [-0.2, 0) is 4.79 Å². The van der Waals surface area contributed by atoms with Crippen molar-refractivity contribution in [3.8, 4) is 22.8 Å². The van der Waals surface area contributed by atoms with E-state index >= 15 is 0 Å². The van der Waals surface area contributed by atoms with Crippen LogP contribution in [0.2, 0.25) is 0 Å². The Bertz CT molecular complexity index is 769. The van der Waals surface area contributed by atoms with Gasteiger partial charge in [-0.2, -0.15) is 5.10 Å². The molecule has 2 rings (SSSR count). The first-order chi connectivity index (χ1) is 11.9. The van der Waals surface area contributed by atoms with Crippen molar-refractivity contribution in [3.63, 3.8) is 0 Å². The molecule has 2 aromatic rings. The minimum Gasteiger partial charge on any atom is -0.493 e. The lowest BCUT2D eigenvalue weighted by Crippen LogP contribution is -2.40. The molecule has 0 aliphatic rings. The number of H-pyrrole nitrogens is 1. The molecular formula is C17H21N3O5. The zero-order valence-electron chi connectivity index (χ0n) is 14.6. The van der Waals surface area contributed by atoms with Gasteiger partial charge in [0.15, 0.2) is 11.5 Å². The highest BCUT2D eigenvalue weighted by atomic mass is 16.5. The second kappa shape index (κ2) is 7.69. The lowest BCUT2D eigenvalue weighted by Gasteiger charge is -2.23. The van der Waals surface area contributed by atoms with Crippen molar-refractivity contribution in [2.75, 3.05) is 20.8 Å². The van der Waals surface area contributed by atoms with Gasteiger partial charge in [-0.05, 0) is 38.1 Å². The van der Waals surface area contributed by atoms with E-state index in [2.05, 4.69) is 10.2 Å². The molecular weight excluding hydrogens is 326 g/mol. The van der Waals surface area contributed by atoms with Crippen molar-refractivity contribution in [2.24, 2.45) is 0 Å². The number of benzene rings is 1. The number of rotatable bonds is 7. The largest absolute Gasteiger partial charge is 0.493 e. The topological polar surface area (TPSA) is 105 Å². The maximum atomic E-state index is 12.5. The molecule has 134 valence electrons. The number of methoxy groups -OCH3 is 2. The van der Waals surface area contributed by atoms with Crippen molar-refractivity contribution in [1.29, 1.82) is 0 Å². The molecule has 0 aliphatic carbocycles. The number of aromatic amines is 1. The molecule has 0 bridgehead atoms. The highest BCUT2D eigenvalue weighted by molar-refractivity contribution is 5.95. The summed E-state index contributed by atoms with van der Waals surface area (Å²) in [6.45, 7) is 3.14. The van der Waals surface area contributed by atoms with Gasteiger partial charge >= 0.3 is 5.97 Å². The minimum absolute atomic E-state index is 0.222. The normalized spacial score (nSPS) is 10.6. The third-order valence-electron chi connectivity index (χ3n) is 3.68. The number of ether oxygens (including phenoxy) is 2. The van der Waals surface area contributed by atoms with Crippen molar-refractivity contribution in [3.05, 3.63) is 30.0 Å². The summed E-state index contributed by atoms with van der Waals surface area (Å²) in [5.41, 5.74) is 1.50. The number of hydrogen-bond acceptors (Lipinski definition) is 5. The molecule has 1 heterocycles. The van der Waals surface area contributed by atoms with Gasteiger partial charge in [0.05, 0.1) is 19.9 Å². The van der Waals surface area contributed by atoms with Crippen LogP contribution >= 0.6 is 0 Å². The van der Waals surface area contributed by atoms with Crippen molar-refractivity contribution in [2.45, 2.75) is 19.9 Å². The number of amides is 1. The average Bonchev–Trinajstić information content (AvgIpc) is 3.08. The Balaban J connectivity index is 2.30. The third kappa shape index (κ3) is 4.09. The van der Waals surface area contributed by atoms with Gasteiger partial charge in [-0.25, -0.2) is 0 Å². The fourth-order valence-corrected chi connectivity index (χ4v) is 2.36. The molecule has 8 heteroatoms. The quantitative estimate of drug-likeness (QED) is 0.794. The van der Waals surface area contributed by atoms with E-state index in [-0.39, 0.29) is 18.3 Å². The van der Waals surface area contributed by atoms with Crippen LogP contribution in [0.3, 0.4) is 0 Å². The lowest BCUT2D eigenvalue weighted by atomic mass is 10.1. The van der Waals surface area contributed by atoms with Gasteiger partial charge < -0.3 is 19.5 Å². The van der Waals surface area contributed by atoms with E-state index in [9.17, 15) is 9.59 Å². The molecule has 1 aromatic heterocycles. The molecule has 8 nitrogen and oxygen atoms in total. The number of carbonyl (C=O) groups excluding carboxylic acids is 1. The molecule has 0 saturated heterocycles.